The number of carbonyl (C=O) groups is 1. The van der Waals surface area contributed by atoms with Crippen LogP contribution in [0.5, 0.6) is 0 Å². The first kappa shape index (κ1) is 12.3. The molecule has 0 saturated heterocycles. The van der Waals surface area contributed by atoms with E-state index in [2.05, 4.69) is 0 Å². The molecule has 1 atom stereocenters. The van der Waals surface area contributed by atoms with Gasteiger partial charge in [-0.15, -0.1) is 0 Å². The number of carboxylic acids is 1. The van der Waals surface area contributed by atoms with Gasteiger partial charge in [0.1, 0.15) is 0 Å². The molecule has 0 aliphatic rings. The van der Waals surface area contributed by atoms with Crippen molar-refractivity contribution >= 4 is 29.2 Å². The third-order valence-corrected chi connectivity index (χ3v) is 3.12. The lowest BCUT2D eigenvalue weighted by molar-refractivity contribution is -0.143. The molecule has 4 heteroatoms. The first-order chi connectivity index (χ1) is 6.90. The number of hydrogen-bond donors (Lipinski definition) is 1. The number of aliphatic carboxylic acids is 1. The Bertz CT molecular complexity index is 370. The number of carboxylic acid groups (broad SMARTS) is 1. The van der Waals surface area contributed by atoms with Crippen molar-refractivity contribution in [3.05, 3.63) is 33.8 Å². The second-order valence-electron chi connectivity index (χ2n) is 3.65. The molecule has 1 unspecified atom stereocenters. The SMILES string of the molecule is CCC(C)(C(=O)O)c1cc(Cl)cc(Cl)c1. The van der Waals surface area contributed by atoms with Gasteiger partial charge in [-0.05, 0) is 37.1 Å². The molecule has 0 bridgehead atoms. The minimum atomic E-state index is -0.936. The van der Waals surface area contributed by atoms with Gasteiger partial charge >= 0.3 is 5.97 Å². The molecular weight excluding hydrogens is 235 g/mol. The van der Waals surface area contributed by atoms with E-state index in [0.717, 1.165) is 0 Å². The molecule has 0 saturated carbocycles. The summed E-state index contributed by atoms with van der Waals surface area (Å²) in [5.41, 5.74) is -0.302. The molecule has 0 heterocycles. The molecule has 0 aromatic heterocycles. The Labute approximate surface area is 98.8 Å². The molecule has 0 radical (unpaired) electrons. The second kappa shape index (κ2) is 4.42. The van der Waals surface area contributed by atoms with Crippen LogP contribution in [0.1, 0.15) is 25.8 Å². The Balaban J connectivity index is 3.29. The van der Waals surface area contributed by atoms with Gasteiger partial charge in [-0.1, -0.05) is 30.1 Å². The summed E-state index contributed by atoms with van der Waals surface area (Å²) in [6.45, 7) is 3.49. The van der Waals surface area contributed by atoms with Gasteiger partial charge in [-0.2, -0.15) is 0 Å². The van der Waals surface area contributed by atoms with Crippen LogP contribution in [0.3, 0.4) is 0 Å². The average Bonchev–Trinajstić information content (AvgIpc) is 2.14. The van der Waals surface area contributed by atoms with E-state index < -0.39 is 11.4 Å². The molecule has 1 aromatic carbocycles. The van der Waals surface area contributed by atoms with Crippen molar-refractivity contribution in [3.8, 4) is 0 Å². The van der Waals surface area contributed by atoms with Gasteiger partial charge in [0, 0.05) is 10.0 Å². The Kier molecular flexibility index (Phi) is 3.63. The maximum Gasteiger partial charge on any atom is 0.313 e. The van der Waals surface area contributed by atoms with E-state index >= 15 is 0 Å². The highest BCUT2D eigenvalue weighted by molar-refractivity contribution is 6.34. The van der Waals surface area contributed by atoms with Gasteiger partial charge in [0.2, 0.25) is 0 Å². The highest BCUT2D eigenvalue weighted by atomic mass is 35.5. The fourth-order valence-electron chi connectivity index (χ4n) is 1.35. The van der Waals surface area contributed by atoms with Crippen molar-refractivity contribution < 1.29 is 9.90 Å². The Morgan fingerprint density at radius 2 is 1.80 bits per heavy atom. The maximum atomic E-state index is 11.2. The average molecular weight is 247 g/mol. The zero-order valence-corrected chi connectivity index (χ0v) is 10.1. The summed E-state index contributed by atoms with van der Waals surface area (Å²) < 4.78 is 0. The van der Waals surface area contributed by atoms with Gasteiger partial charge in [0.15, 0.2) is 0 Å². The Morgan fingerprint density at radius 3 is 2.13 bits per heavy atom. The van der Waals surface area contributed by atoms with Crippen LogP contribution in [0.25, 0.3) is 0 Å². The quantitative estimate of drug-likeness (QED) is 0.883. The fourth-order valence-corrected chi connectivity index (χ4v) is 1.88. The first-order valence-corrected chi connectivity index (χ1v) is 5.35. The van der Waals surface area contributed by atoms with Gasteiger partial charge in [-0.3, -0.25) is 4.79 Å². The minimum absolute atomic E-state index is 0.457. The fraction of sp³-hybridized carbons (Fsp3) is 0.364. The van der Waals surface area contributed by atoms with Crippen LogP contribution in [0.4, 0.5) is 0 Å². The summed E-state index contributed by atoms with van der Waals surface area (Å²) in [4.78, 5) is 11.2. The van der Waals surface area contributed by atoms with Crippen molar-refractivity contribution in [2.75, 3.05) is 0 Å². The van der Waals surface area contributed by atoms with Crippen molar-refractivity contribution in [1.29, 1.82) is 0 Å². The van der Waals surface area contributed by atoms with Crippen molar-refractivity contribution in [1.82, 2.24) is 0 Å². The van der Waals surface area contributed by atoms with Gasteiger partial charge in [0.25, 0.3) is 0 Å². The largest absolute Gasteiger partial charge is 0.481 e. The molecule has 1 aromatic rings. The van der Waals surface area contributed by atoms with Crippen molar-refractivity contribution in [3.63, 3.8) is 0 Å². The van der Waals surface area contributed by atoms with E-state index in [-0.39, 0.29) is 0 Å². The van der Waals surface area contributed by atoms with Crippen LogP contribution < -0.4 is 0 Å². The molecule has 15 heavy (non-hydrogen) atoms. The molecule has 82 valence electrons. The molecular formula is C11H12Cl2O2. The molecule has 0 amide bonds. The topological polar surface area (TPSA) is 37.3 Å². The molecule has 0 aliphatic carbocycles. The van der Waals surface area contributed by atoms with Crippen molar-refractivity contribution in [2.24, 2.45) is 0 Å². The molecule has 0 aliphatic heterocycles. The predicted molar refractivity (Wildman–Crippen MR) is 61.7 cm³/mol. The third-order valence-electron chi connectivity index (χ3n) is 2.68. The molecule has 2 nitrogen and oxygen atoms in total. The van der Waals surface area contributed by atoms with E-state index in [1.807, 2.05) is 6.92 Å². The van der Waals surface area contributed by atoms with E-state index in [9.17, 15) is 9.90 Å². The van der Waals surface area contributed by atoms with E-state index in [1.165, 1.54) is 0 Å². The van der Waals surface area contributed by atoms with Crippen LogP contribution in [0, 0.1) is 0 Å². The maximum absolute atomic E-state index is 11.2. The lowest BCUT2D eigenvalue weighted by Gasteiger charge is -2.23. The second-order valence-corrected chi connectivity index (χ2v) is 4.52. The number of rotatable bonds is 3. The van der Waals surface area contributed by atoms with Crippen LogP contribution in [-0.4, -0.2) is 11.1 Å². The third kappa shape index (κ3) is 2.44. The number of hydrogen-bond acceptors (Lipinski definition) is 1. The summed E-state index contributed by atoms with van der Waals surface area (Å²) in [5.74, 6) is -0.872. The highest BCUT2D eigenvalue weighted by Gasteiger charge is 2.33. The highest BCUT2D eigenvalue weighted by Crippen LogP contribution is 2.32. The molecule has 0 spiro atoms. The van der Waals surface area contributed by atoms with Gasteiger partial charge in [0.05, 0.1) is 5.41 Å². The molecule has 1 rings (SSSR count). The van der Waals surface area contributed by atoms with Gasteiger partial charge < -0.3 is 5.11 Å². The van der Waals surface area contributed by atoms with Crippen LogP contribution in [-0.2, 0) is 10.2 Å². The monoisotopic (exact) mass is 246 g/mol. The standard InChI is InChI=1S/C11H12Cl2O2/c1-3-11(2,10(14)15)7-4-8(12)6-9(13)5-7/h4-6H,3H2,1-2H3,(H,14,15). The normalized spacial score (nSPS) is 14.7. The van der Waals surface area contributed by atoms with E-state index in [4.69, 9.17) is 23.2 Å². The van der Waals surface area contributed by atoms with Crippen LogP contribution in [0.2, 0.25) is 10.0 Å². The summed E-state index contributed by atoms with van der Waals surface area (Å²) >= 11 is 11.7. The summed E-state index contributed by atoms with van der Waals surface area (Å²) in [6.07, 6.45) is 0.485. The van der Waals surface area contributed by atoms with Crippen LogP contribution in [0.15, 0.2) is 18.2 Å². The smallest absolute Gasteiger partial charge is 0.313 e. The zero-order chi connectivity index (χ0) is 11.6. The Hall–Kier alpha value is -0.730. The number of halogens is 2. The number of benzene rings is 1. The summed E-state index contributed by atoms with van der Waals surface area (Å²) in [6, 6.07) is 4.88. The van der Waals surface area contributed by atoms with Gasteiger partial charge in [-0.25, -0.2) is 0 Å². The lowest BCUT2D eigenvalue weighted by Crippen LogP contribution is -2.31. The lowest BCUT2D eigenvalue weighted by atomic mass is 9.80. The van der Waals surface area contributed by atoms with Crippen molar-refractivity contribution in [2.45, 2.75) is 25.7 Å². The summed E-state index contributed by atoms with van der Waals surface area (Å²) in [7, 11) is 0. The first-order valence-electron chi connectivity index (χ1n) is 4.60. The minimum Gasteiger partial charge on any atom is -0.481 e. The zero-order valence-electron chi connectivity index (χ0n) is 8.55. The van der Waals surface area contributed by atoms with Crippen LogP contribution >= 0.6 is 23.2 Å². The van der Waals surface area contributed by atoms with E-state index in [0.29, 0.717) is 22.0 Å². The summed E-state index contributed by atoms with van der Waals surface area (Å²) in [5, 5.41) is 10.1. The van der Waals surface area contributed by atoms with E-state index in [1.54, 1.807) is 25.1 Å². The Morgan fingerprint density at radius 1 is 1.33 bits per heavy atom. The molecule has 0 fully saturated rings. The molecule has 1 N–H and O–H groups in total. The predicted octanol–water partition coefficient (Wildman–Crippen LogP) is 3.75.